The van der Waals surface area contributed by atoms with Crippen LogP contribution in [0.2, 0.25) is 0 Å². The molecule has 0 spiro atoms. The van der Waals surface area contributed by atoms with Crippen LogP contribution in [0, 0.1) is 5.82 Å². The van der Waals surface area contributed by atoms with Crippen molar-refractivity contribution in [2.75, 3.05) is 11.9 Å². The quantitative estimate of drug-likeness (QED) is 0.888. The first-order valence-electron chi connectivity index (χ1n) is 6.85. The van der Waals surface area contributed by atoms with Crippen molar-refractivity contribution < 1.29 is 9.18 Å². The molecule has 1 aromatic heterocycles. The standard InChI is InChI=1S/C16H18FN3O/c1-3-19-16(21)12-5-4-6-15(8-12)20-11(2)13-7-14(17)10-18-9-13/h4-11,20H,3H2,1-2H3,(H,19,21). The van der Waals surface area contributed by atoms with Crippen molar-refractivity contribution in [3.8, 4) is 0 Å². The Balaban J connectivity index is 2.12. The van der Waals surface area contributed by atoms with Gasteiger partial charge in [0.15, 0.2) is 0 Å². The summed E-state index contributed by atoms with van der Waals surface area (Å²) in [5.74, 6) is -0.474. The predicted octanol–water partition coefficient (Wildman–Crippen LogP) is 3.14. The van der Waals surface area contributed by atoms with E-state index in [1.54, 1.807) is 18.3 Å². The molecule has 0 saturated carbocycles. The molecule has 21 heavy (non-hydrogen) atoms. The number of anilines is 1. The van der Waals surface area contributed by atoms with E-state index in [-0.39, 0.29) is 17.8 Å². The van der Waals surface area contributed by atoms with E-state index in [2.05, 4.69) is 15.6 Å². The van der Waals surface area contributed by atoms with Gasteiger partial charge in [0.25, 0.3) is 5.91 Å². The van der Waals surface area contributed by atoms with Crippen LogP contribution < -0.4 is 10.6 Å². The molecule has 1 atom stereocenters. The van der Waals surface area contributed by atoms with Gasteiger partial charge in [-0.2, -0.15) is 0 Å². The predicted molar refractivity (Wildman–Crippen MR) is 80.7 cm³/mol. The van der Waals surface area contributed by atoms with Gasteiger partial charge in [-0.3, -0.25) is 9.78 Å². The van der Waals surface area contributed by atoms with Gasteiger partial charge >= 0.3 is 0 Å². The van der Waals surface area contributed by atoms with Gasteiger partial charge in [0, 0.05) is 24.0 Å². The molecule has 4 nitrogen and oxygen atoms in total. The Labute approximate surface area is 123 Å². The minimum absolute atomic E-state index is 0.110. The lowest BCUT2D eigenvalue weighted by Crippen LogP contribution is -2.22. The number of nitrogens with zero attached hydrogens (tertiary/aromatic N) is 1. The van der Waals surface area contributed by atoms with Crippen LogP contribution in [0.25, 0.3) is 0 Å². The van der Waals surface area contributed by atoms with Gasteiger partial charge in [-0.05, 0) is 43.7 Å². The van der Waals surface area contributed by atoms with Gasteiger partial charge in [0.1, 0.15) is 5.82 Å². The lowest BCUT2D eigenvalue weighted by atomic mass is 10.1. The van der Waals surface area contributed by atoms with Crippen LogP contribution in [0.5, 0.6) is 0 Å². The van der Waals surface area contributed by atoms with Crippen molar-refractivity contribution in [1.29, 1.82) is 0 Å². The zero-order valence-electron chi connectivity index (χ0n) is 12.1. The molecule has 1 heterocycles. The Kier molecular flexibility index (Phi) is 4.87. The number of nitrogens with one attached hydrogen (secondary N) is 2. The molecule has 0 aliphatic rings. The van der Waals surface area contributed by atoms with Gasteiger partial charge in [-0.15, -0.1) is 0 Å². The fourth-order valence-corrected chi connectivity index (χ4v) is 2.01. The summed E-state index contributed by atoms with van der Waals surface area (Å²) in [7, 11) is 0. The van der Waals surface area contributed by atoms with Crippen LogP contribution in [-0.2, 0) is 0 Å². The molecule has 0 aliphatic carbocycles. The van der Waals surface area contributed by atoms with Crippen molar-refractivity contribution in [3.63, 3.8) is 0 Å². The number of carbonyl (C=O) groups excluding carboxylic acids is 1. The van der Waals surface area contributed by atoms with Crippen molar-refractivity contribution in [3.05, 3.63) is 59.7 Å². The highest BCUT2D eigenvalue weighted by atomic mass is 19.1. The van der Waals surface area contributed by atoms with Crippen molar-refractivity contribution in [1.82, 2.24) is 10.3 Å². The number of hydrogen-bond donors (Lipinski definition) is 2. The zero-order chi connectivity index (χ0) is 15.2. The first-order valence-corrected chi connectivity index (χ1v) is 6.85. The number of carbonyl (C=O) groups is 1. The third-order valence-corrected chi connectivity index (χ3v) is 3.07. The molecule has 1 aromatic carbocycles. The molecule has 0 fully saturated rings. The number of amides is 1. The SMILES string of the molecule is CCNC(=O)c1cccc(NC(C)c2cncc(F)c2)c1. The number of halogens is 1. The summed E-state index contributed by atoms with van der Waals surface area (Å²) in [6.45, 7) is 4.37. The smallest absolute Gasteiger partial charge is 0.251 e. The van der Waals surface area contributed by atoms with Gasteiger partial charge < -0.3 is 10.6 Å². The Morgan fingerprint density at radius 1 is 1.33 bits per heavy atom. The summed E-state index contributed by atoms with van der Waals surface area (Å²) >= 11 is 0. The van der Waals surface area contributed by atoms with E-state index in [1.807, 2.05) is 26.0 Å². The first-order chi connectivity index (χ1) is 10.1. The van der Waals surface area contributed by atoms with Crippen LogP contribution in [-0.4, -0.2) is 17.4 Å². The maximum atomic E-state index is 13.2. The third kappa shape index (κ3) is 4.02. The van der Waals surface area contributed by atoms with Gasteiger partial charge in [0.2, 0.25) is 0 Å². The average molecular weight is 287 g/mol. The maximum Gasteiger partial charge on any atom is 0.251 e. The molecule has 1 amide bonds. The Morgan fingerprint density at radius 3 is 2.86 bits per heavy atom. The number of pyridine rings is 1. The van der Waals surface area contributed by atoms with E-state index in [0.717, 1.165) is 11.3 Å². The van der Waals surface area contributed by atoms with Crippen LogP contribution >= 0.6 is 0 Å². The second kappa shape index (κ2) is 6.83. The van der Waals surface area contributed by atoms with Crippen LogP contribution in [0.1, 0.15) is 35.8 Å². The molecule has 5 heteroatoms. The molecule has 0 bridgehead atoms. The molecule has 0 saturated heterocycles. The molecule has 2 aromatic rings. The average Bonchev–Trinajstić information content (AvgIpc) is 2.48. The van der Waals surface area contributed by atoms with E-state index in [1.165, 1.54) is 12.3 Å². The Hall–Kier alpha value is -2.43. The van der Waals surface area contributed by atoms with E-state index >= 15 is 0 Å². The summed E-state index contributed by atoms with van der Waals surface area (Å²) in [5.41, 5.74) is 2.14. The fourth-order valence-electron chi connectivity index (χ4n) is 2.01. The number of rotatable bonds is 5. The Morgan fingerprint density at radius 2 is 2.14 bits per heavy atom. The second-order valence-electron chi connectivity index (χ2n) is 4.74. The summed E-state index contributed by atoms with van der Waals surface area (Å²) in [4.78, 5) is 15.6. The van der Waals surface area contributed by atoms with Gasteiger partial charge in [-0.25, -0.2) is 4.39 Å². The minimum atomic E-state index is -0.364. The topological polar surface area (TPSA) is 54.0 Å². The second-order valence-corrected chi connectivity index (χ2v) is 4.74. The highest BCUT2D eigenvalue weighted by Gasteiger charge is 2.09. The number of hydrogen-bond acceptors (Lipinski definition) is 3. The lowest BCUT2D eigenvalue weighted by Gasteiger charge is -2.16. The van der Waals surface area contributed by atoms with Crippen LogP contribution in [0.4, 0.5) is 10.1 Å². The van der Waals surface area contributed by atoms with E-state index in [9.17, 15) is 9.18 Å². The molecule has 110 valence electrons. The molecule has 2 rings (SSSR count). The largest absolute Gasteiger partial charge is 0.378 e. The number of aromatic nitrogens is 1. The monoisotopic (exact) mass is 287 g/mol. The summed E-state index contributed by atoms with van der Waals surface area (Å²) in [6, 6.07) is 8.53. The first kappa shape index (κ1) is 15.0. The van der Waals surface area contributed by atoms with E-state index < -0.39 is 0 Å². The highest BCUT2D eigenvalue weighted by molar-refractivity contribution is 5.95. The fraction of sp³-hybridized carbons (Fsp3) is 0.250. The maximum absolute atomic E-state index is 13.2. The Bertz CT molecular complexity index is 630. The molecule has 1 unspecified atom stereocenters. The summed E-state index contributed by atoms with van der Waals surface area (Å²) < 4.78 is 13.2. The van der Waals surface area contributed by atoms with Crippen LogP contribution in [0.15, 0.2) is 42.7 Å². The van der Waals surface area contributed by atoms with Crippen molar-refractivity contribution >= 4 is 11.6 Å². The van der Waals surface area contributed by atoms with Gasteiger partial charge in [0.05, 0.1) is 12.2 Å². The number of benzene rings is 1. The van der Waals surface area contributed by atoms with Crippen molar-refractivity contribution in [2.24, 2.45) is 0 Å². The summed E-state index contributed by atoms with van der Waals surface area (Å²) in [5, 5.41) is 5.99. The molecule has 2 N–H and O–H groups in total. The molecular weight excluding hydrogens is 269 g/mol. The zero-order valence-corrected chi connectivity index (χ0v) is 12.1. The molecular formula is C16H18FN3O. The normalized spacial score (nSPS) is 11.8. The highest BCUT2D eigenvalue weighted by Crippen LogP contribution is 2.20. The minimum Gasteiger partial charge on any atom is -0.378 e. The van der Waals surface area contributed by atoms with E-state index in [0.29, 0.717) is 12.1 Å². The lowest BCUT2D eigenvalue weighted by molar-refractivity contribution is 0.0956. The van der Waals surface area contributed by atoms with Crippen molar-refractivity contribution in [2.45, 2.75) is 19.9 Å². The summed E-state index contributed by atoms with van der Waals surface area (Å²) in [6.07, 6.45) is 2.79. The van der Waals surface area contributed by atoms with Crippen LogP contribution in [0.3, 0.4) is 0 Å². The molecule has 0 aliphatic heterocycles. The van der Waals surface area contributed by atoms with E-state index in [4.69, 9.17) is 0 Å². The third-order valence-electron chi connectivity index (χ3n) is 3.07. The van der Waals surface area contributed by atoms with Gasteiger partial charge in [-0.1, -0.05) is 6.07 Å². The molecule has 0 radical (unpaired) electrons.